The van der Waals surface area contributed by atoms with Crippen LogP contribution < -0.4 is 0 Å². The lowest BCUT2D eigenvalue weighted by molar-refractivity contribution is 1.00. The highest BCUT2D eigenvalue weighted by molar-refractivity contribution is 7.19. The molecule has 0 aliphatic carbocycles. The fourth-order valence-corrected chi connectivity index (χ4v) is 4.61. The number of hydrogen-bond acceptors (Lipinski definition) is 0. The van der Waals surface area contributed by atoms with Crippen molar-refractivity contribution in [2.24, 2.45) is 0 Å². The highest BCUT2D eigenvalue weighted by atomic mass is 35.6. The van der Waals surface area contributed by atoms with Gasteiger partial charge >= 0.3 is 0 Å². The summed E-state index contributed by atoms with van der Waals surface area (Å²) < 4.78 is 0. The molecule has 0 aliphatic heterocycles. The molecule has 0 N–H and O–H groups in total. The van der Waals surface area contributed by atoms with E-state index < -0.39 is 7.38 Å². The molecule has 0 rings (SSSR count). The second-order valence-corrected chi connectivity index (χ2v) is 9.90. The van der Waals surface area contributed by atoms with Crippen LogP contribution in [0.5, 0.6) is 0 Å². The first-order valence-corrected chi connectivity index (χ1v) is 8.33. The summed E-state index contributed by atoms with van der Waals surface area (Å²) in [6.07, 6.45) is 2.31. The normalized spacial score (nSPS) is 16.8. The summed E-state index contributed by atoms with van der Waals surface area (Å²) in [6.45, 7) is 4.42. The highest BCUT2D eigenvalue weighted by Gasteiger charge is 2.21. The van der Waals surface area contributed by atoms with Gasteiger partial charge in [-0.2, -0.15) is 11.1 Å². The summed E-state index contributed by atoms with van der Waals surface area (Å²) in [5, 5.41) is 0. The van der Waals surface area contributed by atoms with Crippen LogP contribution in [0.3, 0.4) is 0 Å². The third kappa shape index (κ3) is 5.57. The average molecular weight is 199 g/mol. The molecule has 0 bridgehead atoms. The Morgan fingerprint density at radius 2 is 1.90 bits per heavy atom. The lowest BCUT2D eigenvalue weighted by Crippen LogP contribution is -2.20. The molecule has 0 aromatic carbocycles. The van der Waals surface area contributed by atoms with E-state index in [-0.39, 0.29) is 0 Å². The fourth-order valence-electron chi connectivity index (χ4n) is 1.08. The lowest BCUT2D eigenvalue weighted by atomic mass is 10.6. The van der Waals surface area contributed by atoms with E-state index in [0.717, 1.165) is 12.3 Å². The topological polar surface area (TPSA) is 0 Å². The van der Waals surface area contributed by atoms with Gasteiger partial charge in [0.2, 0.25) is 0 Å². The summed E-state index contributed by atoms with van der Waals surface area (Å²) in [6, 6.07) is 2.40. The minimum absolute atomic E-state index is 0.763. The summed E-state index contributed by atoms with van der Waals surface area (Å²) in [5.74, 6) is 0.763. The predicted molar refractivity (Wildman–Crippen MR) is 52.7 cm³/mol. The molecular formula is C7H16Cl2Si. The summed E-state index contributed by atoms with van der Waals surface area (Å²) >= 11 is 11.9. The van der Waals surface area contributed by atoms with Crippen molar-refractivity contribution in [3.05, 3.63) is 0 Å². The van der Waals surface area contributed by atoms with Gasteiger partial charge in [0, 0.05) is 5.88 Å². The Bertz CT molecular complexity index is 83.7. The Hall–Kier alpha value is 0.797. The maximum Gasteiger partial charge on any atom is 0.153 e. The van der Waals surface area contributed by atoms with Gasteiger partial charge in [0.25, 0.3) is 0 Å². The quantitative estimate of drug-likeness (QED) is 0.358. The second kappa shape index (κ2) is 5.45. The largest absolute Gasteiger partial charge is 0.167 e. The Labute approximate surface area is 74.6 Å². The predicted octanol–water partition coefficient (Wildman–Crippen LogP) is 3.84. The molecule has 62 valence electrons. The maximum absolute atomic E-state index is 6.30. The zero-order chi connectivity index (χ0) is 8.04. The highest BCUT2D eigenvalue weighted by Crippen LogP contribution is 2.23. The summed E-state index contributed by atoms with van der Waals surface area (Å²) in [5.41, 5.74) is 0. The molecule has 0 radical (unpaired) electrons. The number of hydrogen-bond donors (Lipinski definition) is 0. The molecule has 1 atom stereocenters. The van der Waals surface area contributed by atoms with Crippen LogP contribution in [0, 0.1) is 0 Å². The van der Waals surface area contributed by atoms with Crippen LogP contribution in [0.1, 0.15) is 19.8 Å². The van der Waals surface area contributed by atoms with Crippen LogP contribution in [0.15, 0.2) is 0 Å². The Morgan fingerprint density at radius 1 is 1.30 bits per heavy atom. The van der Waals surface area contributed by atoms with E-state index in [4.69, 9.17) is 22.7 Å². The van der Waals surface area contributed by atoms with Crippen molar-refractivity contribution >= 4 is 30.1 Å². The Morgan fingerprint density at radius 3 is 2.30 bits per heavy atom. The minimum Gasteiger partial charge on any atom is -0.167 e. The standard InChI is InChI=1S/C7H16Cl2Si/c1-3-6-10(2,9)7-4-5-8/h3-7H2,1-2H3. The van der Waals surface area contributed by atoms with Gasteiger partial charge in [-0.25, -0.2) is 0 Å². The van der Waals surface area contributed by atoms with E-state index in [1.54, 1.807) is 0 Å². The zero-order valence-electron chi connectivity index (χ0n) is 6.79. The van der Waals surface area contributed by atoms with Crippen molar-refractivity contribution < 1.29 is 0 Å². The van der Waals surface area contributed by atoms with Crippen LogP contribution >= 0.6 is 22.7 Å². The van der Waals surface area contributed by atoms with E-state index in [2.05, 4.69) is 13.5 Å². The first-order chi connectivity index (χ1) is 4.62. The zero-order valence-corrected chi connectivity index (χ0v) is 9.30. The van der Waals surface area contributed by atoms with Gasteiger partial charge in [-0.15, -0.1) is 11.6 Å². The SMILES string of the molecule is CCC[Si](C)(Cl)CCCCl. The van der Waals surface area contributed by atoms with Crippen LogP contribution in [-0.2, 0) is 0 Å². The third-order valence-electron chi connectivity index (χ3n) is 1.60. The van der Waals surface area contributed by atoms with Gasteiger partial charge in [0.05, 0.1) is 0 Å². The van der Waals surface area contributed by atoms with Gasteiger partial charge in [-0.05, 0) is 18.5 Å². The van der Waals surface area contributed by atoms with E-state index in [1.165, 1.54) is 18.5 Å². The smallest absolute Gasteiger partial charge is 0.153 e. The molecule has 0 saturated carbocycles. The van der Waals surface area contributed by atoms with E-state index in [0.29, 0.717) is 0 Å². The van der Waals surface area contributed by atoms with Gasteiger partial charge in [-0.1, -0.05) is 19.9 Å². The van der Waals surface area contributed by atoms with E-state index in [1.807, 2.05) is 0 Å². The number of rotatable bonds is 5. The monoisotopic (exact) mass is 198 g/mol. The van der Waals surface area contributed by atoms with Crippen LogP contribution in [0.2, 0.25) is 18.6 Å². The van der Waals surface area contributed by atoms with Gasteiger partial charge < -0.3 is 0 Å². The van der Waals surface area contributed by atoms with Crippen molar-refractivity contribution in [2.45, 2.75) is 38.4 Å². The average Bonchev–Trinajstić information content (AvgIpc) is 1.84. The van der Waals surface area contributed by atoms with Crippen molar-refractivity contribution in [1.29, 1.82) is 0 Å². The first kappa shape index (κ1) is 10.8. The minimum atomic E-state index is -1.34. The molecule has 1 unspecified atom stereocenters. The molecule has 0 saturated heterocycles. The molecule has 10 heavy (non-hydrogen) atoms. The maximum atomic E-state index is 6.30. The first-order valence-electron chi connectivity index (χ1n) is 3.87. The molecule has 0 aromatic rings. The van der Waals surface area contributed by atoms with Crippen molar-refractivity contribution in [3.63, 3.8) is 0 Å². The van der Waals surface area contributed by atoms with Crippen LogP contribution in [0.25, 0.3) is 0 Å². The summed E-state index contributed by atoms with van der Waals surface area (Å²) in [4.78, 5) is 0. The van der Waals surface area contributed by atoms with Gasteiger partial charge in [-0.3, -0.25) is 0 Å². The molecule has 0 spiro atoms. The molecule has 0 nitrogen and oxygen atoms in total. The number of halogens is 2. The van der Waals surface area contributed by atoms with Crippen LogP contribution in [-0.4, -0.2) is 13.3 Å². The fraction of sp³-hybridized carbons (Fsp3) is 1.00. The van der Waals surface area contributed by atoms with Gasteiger partial charge in [0.15, 0.2) is 7.38 Å². The molecular weight excluding hydrogens is 183 g/mol. The van der Waals surface area contributed by atoms with E-state index >= 15 is 0 Å². The van der Waals surface area contributed by atoms with Crippen molar-refractivity contribution in [3.8, 4) is 0 Å². The second-order valence-electron chi connectivity index (χ2n) is 2.96. The molecule has 0 heterocycles. The molecule has 3 heteroatoms. The molecule has 0 aromatic heterocycles. The van der Waals surface area contributed by atoms with Gasteiger partial charge in [0.1, 0.15) is 0 Å². The van der Waals surface area contributed by atoms with Crippen LogP contribution in [0.4, 0.5) is 0 Å². The number of alkyl halides is 1. The molecule has 0 fully saturated rings. The third-order valence-corrected chi connectivity index (χ3v) is 5.94. The van der Waals surface area contributed by atoms with Crippen molar-refractivity contribution in [2.75, 3.05) is 5.88 Å². The molecule has 0 aliphatic rings. The molecule has 0 amide bonds. The Kier molecular flexibility index (Phi) is 5.88. The lowest BCUT2D eigenvalue weighted by Gasteiger charge is -2.16. The Balaban J connectivity index is 3.42. The summed E-state index contributed by atoms with van der Waals surface area (Å²) in [7, 11) is -1.34. The van der Waals surface area contributed by atoms with E-state index in [9.17, 15) is 0 Å². The van der Waals surface area contributed by atoms with Crippen molar-refractivity contribution in [1.82, 2.24) is 0 Å².